The van der Waals surface area contributed by atoms with Crippen LogP contribution in [0.3, 0.4) is 0 Å². The maximum atomic E-state index is 2.67. The number of hydrogen-bond acceptors (Lipinski definition) is 2. The second kappa shape index (κ2) is 4.79. The molecule has 2 aliphatic heterocycles. The molecule has 1 aliphatic carbocycles. The van der Waals surface area contributed by atoms with E-state index in [1.165, 1.54) is 58.3 Å². The molecule has 0 aromatic rings. The third kappa shape index (κ3) is 2.34. The minimum absolute atomic E-state index is 0.740. The molecule has 3 aliphatic rings. The maximum Gasteiger partial charge on any atom is 0.00695 e. The minimum Gasteiger partial charge on any atom is -0.301 e. The third-order valence-corrected chi connectivity index (χ3v) is 5.80. The molecule has 0 amide bonds. The van der Waals surface area contributed by atoms with Gasteiger partial charge < -0.3 is 4.90 Å². The van der Waals surface area contributed by atoms with Crippen molar-refractivity contribution in [3.8, 4) is 0 Å². The van der Waals surface area contributed by atoms with E-state index in [2.05, 4.69) is 30.6 Å². The highest BCUT2D eigenvalue weighted by molar-refractivity contribution is 5.01. The molecule has 2 nitrogen and oxygen atoms in total. The monoisotopic (exact) mass is 250 g/mol. The molecule has 0 radical (unpaired) electrons. The van der Waals surface area contributed by atoms with Gasteiger partial charge in [0.05, 0.1) is 0 Å². The van der Waals surface area contributed by atoms with Crippen molar-refractivity contribution in [1.29, 1.82) is 0 Å². The maximum absolute atomic E-state index is 2.67. The Labute approximate surface area is 113 Å². The van der Waals surface area contributed by atoms with Gasteiger partial charge in [-0.25, -0.2) is 0 Å². The molecule has 3 rings (SSSR count). The molecule has 1 saturated carbocycles. The normalized spacial score (nSPS) is 33.7. The van der Waals surface area contributed by atoms with Gasteiger partial charge in [-0.05, 0) is 77.3 Å². The summed E-state index contributed by atoms with van der Waals surface area (Å²) in [5.41, 5.74) is 0.740. The van der Waals surface area contributed by atoms with Crippen molar-refractivity contribution < 1.29 is 0 Å². The van der Waals surface area contributed by atoms with Crippen LogP contribution in [0.15, 0.2) is 0 Å². The Morgan fingerprint density at radius 1 is 1.11 bits per heavy atom. The van der Waals surface area contributed by atoms with Crippen LogP contribution in [0.1, 0.15) is 52.9 Å². The molecule has 1 spiro atoms. The fourth-order valence-electron chi connectivity index (χ4n) is 4.41. The summed E-state index contributed by atoms with van der Waals surface area (Å²) in [7, 11) is 0. The summed E-state index contributed by atoms with van der Waals surface area (Å²) < 4.78 is 0. The molecule has 18 heavy (non-hydrogen) atoms. The van der Waals surface area contributed by atoms with E-state index in [4.69, 9.17) is 0 Å². The summed E-state index contributed by atoms with van der Waals surface area (Å²) in [5.74, 6) is 1.02. The van der Waals surface area contributed by atoms with Crippen LogP contribution in [0.4, 0.5) is 0 Å². The molecule has 104 valence electrons. The van der Waals surface area contributed by atoms with Gasteiger partial charge in [0.15, 0.2) is 0 Å². The van der Waals surface area contributed by atoms with Crippen molar-refractivity contribution in [1.82, 2.24) is 9.80 Å². The number of likely N-dealkylation sites (tertiary alicyclic amines) is 2. The lowest BCUT2D eigenvalue weighted by atomic mass is 9.76. The fraction of sp³-hybridized carbons (Fsp3) is 1.00. The van der Waals surface area contributed by atoms with Gasteiger partial charge in [-0.15, -0.1) is 0 Å². The largest absolute Gasteiger partial charge is 0.301 e. The summed E-state index contributed by atoms with van der Waals surface area (Å²) in [6.45, 7) is 12.6. The summed E-state index contributed by atoms with van der Waals surface area (Å²) in [6, 6.07) is 1.61. The second-order valence-electron chi connectivity index (χ2n) is 7.58. The van der Waals surface area contributed by atoms with Gasteiger partial charge in [0, 0.05) is 25.2 Å². The molecule has 0 aromatic carbocycles. The van der Waals surface area contributed by atoms with E-state index in [0.717, 1.165) is 23.4 Å². The zero-order chi connectivity index (χ0) is 12.8. The van der Waals surface area contributed by atoms with Crippen LogP contribution in [0.2, 0.25) is 0 Å². The van der Waals surface area contributed by atoms with Gasteiger partial charge in [0.2, 0.25) is 0 Å². The van der Waals surface area contributed by atoms with Gasteiger partial charge in [-0.2, -0.15) is 0 Å². The zero-order valence-corrected chi connectivity index (χ0v) is 12.5. The Bertz CT molecular complexity index is 289. The van der Waals surface area contributed by atoms with Gasteiger partial charge in [-0.3, -0.25) is 4.90 Å². The first-order valence-corrected chi connectivity index (χ1v) is 8.06. The Balaban J connectivity index is 1.44. The van der Waals surface area contributed by atoms with E-state index in [1.54, 1.807) is 0 Å². The lowest BCUT2D eigenvalue weighted by molar-refractivity contribution is -0.0206. The smallest absolute Gasteiger partial charge is 0.00695 e. The predicted octanol–water partition coefficient (Wildman–Crippen LogP) is 2.98. The lowest BCUT2D eigenvalue weighted by Gasteiger charge is -2.51. The van der Waals surface area contributed by atoms with Crippen molar-refractivity contribution in [2.75, 3.05) is 26.2 Å². The molecule has 2 heteroatoms. The van der Waals surface area contributed by atoms with Crippen molar-refractivity contribution in [3.05, 3.63) is 0 Å². The Morgan fingerprint density at radius 3 is 2.39 bits per heavy atom. The topological polar surface area (TPSA) is 6.48 Å². The van der Waals surface area contributed by atoms with Crippen LogP contribution in [-0.4, -0.2) is 48.1 Å². The molecule has 3 fully saturated rings. The van der Waals surface area contributed by atoms with E-state index in [-0.39, 0.29) is 0 Å². The molecule has 0 N–H and O–H groups in total. The molecule has 0 aromatic heterocycles. The van der Waals surface area contributed by atoms with E-state index in [0.29, 0.717) is 0 Å². The highest BCUT2D eigenvalue weighted by Crippen LogP contribution is 2.50. The average molecular weight is 250 g/mol. The molecular formula is C16H30N2. The number of nitrogens with zero attached hydrogens (tertiary/aromatic N) is 2. The van der Waals surface area contributed by atoms with Gasteiger partial charge in [0.1, 0.15) is 0 Å². The van der Waals surface area contributed by atoms with E-state index in [9.17, 15) is 0 Å². The quantitative estimate of drug-likeness (QED) is 0.757. The molecule has 0 bridgehead atoms. The summed E-state index contributed by atoms with van der Waals surface area (Å²) in [4.78, 5) is 5.33. The van der Waals surface area contributed by atoms with Crippen molar-refractivity contribution >= 4 is 0 Å². The predicted molar refractivity (Wildman–Crippen MR) is 76.8 cm³/mol. The number of rotatable bonds is 4. The summed E-state index contributed by atoms with van der Waals surface area (Å²) in [6.07, 6.45) is 7.43. The number of hydrogen-bond donors (Lipinski definition) is 0. The Kier molecular flexibility index (Phi) is 3.44. The highest BCUT2D eigenvalue weighted by atomic mass is 15.2. The van der Waals surface area contributed by atoms with Crippen LogP contribution in [0, 0.1) is 11.3 Å². The van der Waals surface area contributed by atoms with Gasteiger partial charge in [0.25, 0.3) is 0 Å². The standard InChI is InChI=1S/C16H30N2/c1-13(2)18-11-16(12-18)6-5-15(10-16)9-14(3)17-7-4-8-17/h13-15H,4-12H2,1-3H3. The average Bonchev–Trinajstić information content (AvgIpc) is 2.56. The van der Waals surface area contributed by atoms with Crippen LogP contribution in [-0.2, 0) is 0 Å². The molecule has 2 saturated heterocycles. The first kappa shape index (κ1) is 12.9. The molecule has 2 unspecified atom stereocenters. The molecular weight excluding hydrogens is 220 g/mol. The minimum atomic E-state index is 0.740. The fourth-order valence-corrected chi connectivity index (χ4v) is 4.41. The van der Waals surface area contributed by atoms with Gasteiger partial charge in [-0.1, -0.05) is 0 Å². The van der Waals surface area contributed by atoms with Crippen molar-refractivity contribution in [2.24, 2.45) is 11.3 Å². The SMILES string of the molecule is CC(C)N1CC2(CCC(CC(C)N3CCC3)C2)C1. The molecule has 2 atom stereocenters. The zero-order valence-electron chi connectivity index (χ0n) is 12.5. The van der Waals surface area contributed by atoms with Crippen LogP contribution in [0.25, 0.3) is 0 Å². The molecule has 2 heterocycles. The Morgan fingerprint density at radius 2 is 1.83 bits per heavy atom. The highest BCUT2D eigenvalue weighted by Gasteiger charge is 2.48. The van der Waals surface area contributed by atoms with Gasteiger partial charge >= 0.3 is 0 Å². The first-order valence-electron chi connectivity index (χ1n) is 8.06. The Hall–Kier alpha value is -0.0800. The lowest BCUT2D eigenvalue weighted by Crippen LogP contribution is -2.57. The van der Waals surface area contributed by atoms with Crippen LogP contribution in [0.5, 0.6) is 0 Å². The second-order valence-corrected chi connectivity index (χ2v) is 7.58. The van der Waals surface area contributed by atoms with Crippen LogP contribution >= 0.6 is 0 Å². The van der Waals surface area contributed by atoms with Crippen molar-refractivity contribution in [3.63, 3.8) is 0 Å². The summed E-state index contributed by atoms with van der Waals surface area (Å²) in [5, 5.41) is 0. The van der Waals surface area contributed by atoms with E-state index < -0.39 is 0 Å². The third-order valence-electron chi connectivity index (χ3n) is 5.80. The first-order chi connectivity index (χ1) is 8.58. The van der Waals surface area contributed by atoms with E-state index in [1.807, 2.05) is 0 Å². The van der Waals surface area contributed by atoms with Crippen molar-refractivity contribution in [2.45, 2.75) is 65.0 Å². The summed E-state index contributed by atoms with van der Waals surface area (Å²) >= 11 is 0. The van der Waals surface area contributed by atoms with Crippen LogP contribution < -0.4 is 0 Å². The van der Waals surface area contributed by atoms with E-state index >= 15 is 0 Å².